The van der Waals surface area contributed by atoms with Gasteiger partial charge in [-0.1, -0.05) is 23.2 Å². The number of hydrogen-bond donors (Lipinski definition) is 2. The Hall–Kier alpha value is -2.63. The van der Waals surface area contributed by atoms with Crippen LogP contribution in [0.2, 0.25) is 10.0 Å². The summed E-state index contributed by atoms with van der Waals surface area (Å²) in [5, 5.41) is 11.6. The van der Waals surface area contributed by atoms with E-state index in [1.807, 2.05) is 0 Å². The number of hydrogen-bond acceptors (Lipinski definition) is 4. The number of nitrogens with one attached hydrogen (secondary N) is 1. The van der Waals surface area contributed by atoms with Crippen molar-refractivity contribution in [2.45, 2.75) is 43.9 Å². The number of amides is 1. The maximum atomic E-state index is 14.6. The quantitative estimate of drug-likeness (QED) is 0.335. The summed E-state index contributed by atoms with van der Waals surface area (Å²) in [5.41, 5.74) is -0.720. The van der Waals surface area contributed by atoms with Crippen molar-refractivity contribution < 1.29 is 41.4 Å². The average Bonchev–Trinajstić information content (AvgIpc) is 3.67. The Kier molecular flexibility index (Phi) is 8.92. The van der Waals surface area contributed by atoms with E-state index in [4.69, 9.17) is 27.9 Å². The number of piperidine rings is 1. The number of nitrogens with zero attached hydrogens (tertiary/aromatic N) is 1. The summed E-state index contributed by atoms with van der Waals surface area (Å²) in [6, 6.07) is 2.07. The zero-order chi connectivity index (χ0) is 28.5. The Bertz CT molecular complexity index is 1210. The predicted octanol–water partition coefficient (Wildman–Crippen LogP) is 6.26. The minimum absolute atomic E-state index is 0.0665. The Morgan fingerprint density at radius 3 is 2.15 bits per heavy atom. The van der Waals surface area contributed by atoms with E-state index in [-0.39, 0.29) is 47.1 Å². The smallest absolute Gasteiger partial charge is 0.408 e. The molecule has 1 aliphatic heterocycles. The van der Waals surface area contributed by atoms with Crippen molar-refractivity contribution in [3.8, 4) is 5.75 Å². The van der Waals surface area contributed by atoms with Gasteiger partial charge in [-0.25, -0.2) is 13.6 Å². The van der Waals surface area contributed by atoms with Crippen molar-refractivity contribution in [3.63, 3.8) is 0 Å². The molecule has 6 nitrogen and oxygen atoms in total. The molecule has 1 amide bonds. The van der Waals surface area contributed by atoms with E-state index in [0.29, 0.717) is 37.8 Å². The lowest BCUT2D eigenvalue weighted by Crippen LogP contribution is -2.44. The predicted molar refractivity (Wildman–Crippen MR) is 133 cm³/mol. The fourth-order valence-corrected chi connectivity index (χ4v) is 5.31. The van der Waals surface area contributed by atoms with Gasteiger partial charge in [-0.3, -0.25) is 9.69 Å². The number of carboxylic acids is 1. The Morgan fingerprint density at radius 2 is 1.62 bits per heavy atom. The molecule has 2 N–H and O–H groups in total. The summed E-state index contributed by atoms with van der Waals surface area (Å²) in [7, 11) is 0. The molecule has 212 valence electrons. The number of carbonyl (C=O) groups excluding carboxylic acids is 1. The van der Waals surface area contributed by atoms with Gasteiger partial charge in [0.1, 0.15) is 17.9 Å². The van der Waals surface area contributed by atoms with Crippen LogP contribution < -0.4 is 10.1 Å². The zero-order valence-electron chi connectivity index (χ0n) is 20.4. The van der Waals surface area contributed by atoms with Gasteiger partial charge in [-0.2, -0.15) is 13.2 Å². The Morgan fingerprint density at radius 1 is 1.00 bits per heavy atom. The summed E-state index contributed by atoms with van der Waals surface area (Å²) in [5.74, 6) is -5.34. The van der Waals surface area contributed by atoms with Gasteiger partial charge in [0, 0.05) is 16.1 Å². The molecule has 1 saturated heterocycles. The van der Waals surface area contributed by atoms with E-state index in [2.05, 4.69) is 5.32 Å². The number of carboxylic acid groups (broad SMARTS) is 1. The van der Waals surface area contributed by atoms with Crippen LogP contribution in [0.4, 0.5) is 22.0 Å². The molecule has 0 radical (unpaired) electrons. The second-order valence-electron chi connectivity index (χ2n) is 9.83. The minimum Gasteiger partial charge on any atom is -0.490 e. The van der Waals surface area contributed by atoms with Crippen LogP contribution in [0.1, 0.15) is 47.6 Å². The fraction of sp³-hybridized carbons (Fsp3) is 0.462. The molecule has 1 saturated carbocycles. The molecule has 2 aromatic rings. The monoisotopic (exact) mass is 594 g/mol. The lowest BCUT2D eigenvalue weighted by molar-refractivity contribution is -0.190. The second kappa shape index (κ2) is 11.9. The van der Waals surface area contributed by atoms with Crippen molar-refractivity contribution in [1.29, 1.82) is 0 Å². The highest BCUT2D eigenvalue weighted by Crippen LogP contribution is 2.41. The van der Waals surface area contributed by atoms with Crippen LogP contribution in [0.3, 0.4) is 0 Å². The highest BCUT2D eigenvalue weighted by Gasteiger charge is 2.45. The fourth-order valence-electron chi connectivity index (χ4n) is 4.77. The summed E-state index contributed by atoms with van der Waals surface area (Å²) < 4.78 is 76.5. The first-order chi connectivity index (χ1) is 18.3. The van der Waals surface area contributed by atoms with Crippen molar-refractivity contribution in [3.05, 3.63) is 63.1 Å². The third-order valence-corrected chi connectivity index (χ3v) is 7.35. The third kappa shape index (κ3) is 7.32. The SMILES string of the molecule is O=C(N[C@H](C(=O)O)C1CC1)c1cc(F)c(OCC2CCN(C(c3cc(Cl)cc(Cl)c3)C(F)(F)F)CC2)cc1F. The van der Waals surface area contributed by atoms with E-state index < -0.39 is 53.1 Å². The Balaban J connectivity index is 1.36. The maximum Gasteiger partial charge on any atom is 0.408 e. The van der Waals surface area contributed by atoms with Crippen LogP contribution in [-0.4, -0.2) is 53.8 Å². The number of ether oxygens (including phenoxy) is 1. The first kappa shape index (κ1) is 29.4. The summed E-state index contributed by atoms with van der Waals surface area (Å²) in [4.78, 5) is 25.0. The molecule has 1 heterocycles. The average molecular weight is 595 g/mol. The maximum absolute atomic E-state index is 14.6. The van der Waals surface area contributed by atoms with Crippen LogP contribution >= 0.6 is 23.2 Å². The Labute approximate surface area is 231 Å². The normalized spacial score (nSPS) is 18.4. The molecule has 0 spiro atoms. The van der Waals surface area contributed by atoms with Crippen LogP contribution in [0, 0.1) is 23.5 Å². The molecular weight excluding hydrogens is 570 g/mol. The van der Waals surface area contributed by atoms with Crippen LogP contribution in [0.25, 0.3) is 0 Å². The number of halogens is 7. The van der Waals surface area contributed by atoms with E-state index in [0.717, 1.165) is 0 Å². The van der Waals surface area contributed by atoms with Crippen LogP contribution in [-0.2, 0) is 4.79 Å². The number of aliphatic carboxylic acids is 1. The van der Waals surface area contributed by atoms with E-state index in [1.165, 1.54) is 23.1 Å². The molecule has 2 aliphatic rings. The number of benzene rings is 2. The lowest BCUT2D eigenvalue weighted by Gasteiger charge is -2.38. The first-order valence-electron chi connectivity index (χ1n) is 12.3. The van der Waals surface area contributed by atoms with Gasteiger partial charge in [0.2, 0.25) is 0 Å². The lowest BCUT2D eigenvalue weighted by atomic mass is 9.94. The van der Waals surface area contributed by atoms with E-state index in [9.17, 15) is 36.6 Å². The van der Waals surface area contributed by atoms with Crippen LogP contribution in [0.5, 0.6) is 5.75 Å². The van der Waals surface area contributed by atoms with Crippen LogP contribution in [0.15, 0.2) is 30.3 Å². The molecule has 0 aromatic heterocycles. The summed E-state index contributed by atoms with van der Waals surface area (Å²) >= 11 is 11.8. The highest BCUT2D eigenvalue weighted by atomic mass is 35.5. The molecule has 2 atom stereocenters. The van der Waals surface area contributed by atoms with Gasteiger partial charge in [0.15, 0.2) is 11.6 Å². The molecule has 4 rings (SSSR count). The molecule has 1 unspecified atom stereocenters. The van der Waals surface area contributed by atoms with Gasteiger partial charge in [-0.05, 0) is 80.4 Å². The van der Waals surface area contributed by atoms with Gasteiger partial charge in [0.05, 0.1) is 12.2 Å². The number of carbonyl (C=O) groups is 2. The number of alkyl halides is 3. The zero-order valence-corrected chi connectivity index (χ0v) is 21.9. The molecule has 1 aliphatic carbocycles. The van der Waals surface area contributed by atoms with Gasteiger partial charge in [-0.15, -0.1) is 0 Å². The second-order valence-corrected chi connectivity index (χ2v) is 10.7. The van der Waals surface area contributed by atoms with E-state index >= 15 is 0 Å². The summed E-state index contributed by atoms with van der Waals surface area (Å²) in [6.07, 6.45) is -2.72. The largest absolute Gasteiger partial charge is 0.490 e. The molecular formula is C26H25Cl2F5N2O4. The van der Waals surface area contributed by atoms with Crippen molar-refractivity contribution in [1.82, 2.24) is 10.2 Å². The summed E-state index contributed by atoms with van der Waals surface area (Å²) in [6.45, 7) is 0.0756. The molecule has 0 bridgehead atoms. The van der Waals surface area contributed by atoms with Gasteiger partial charge < -0.3 is 15.2 Å². The number of likely N-dealkylation sites (tertiary alicyclic amines) is 1. The standard InChI is InChI=1S/C26H25Cl2F5N2O4/c27-16-7-15(8-17(28)9-16)23(26(31,32)33)35-5-3-13(4-6-35)12-39-21-11-19(29)18(10-20(21)30)24(36)34-22(25(37)38)14-1-2-14/h7-11,13-14,22-23H,1-6,12H2,(H,34,36)(H,37,38)/t22-,23?/m0/s1. The van der Waals surface area contributed by atoms with Gasteiger partial charge in [0.25, 0.3) is 5.91 Å². The molecule has 2 aromatic carbocycles. The van der Waals surface area contributed by atoms with Crippen molar-refractivity contribution >= 4 is 35.1 Å². The van der Waals surface area contributed by atoms with Gasteiger partial charge >= 0.3 is 12.1 Å². The third-order valence-electron chi connectivity index (χ3n) is 6.91. The number of rotatable bonds is 9. The van der Waals surface area contributed by atoms with E-state index in [1.54, 1.807) is 0 Å². The molecule has 2 fully saturated rings. The van der Waals surface area contributed by atoms with Crippen molar-refractivity contribution in [2.75, 3.05) is 19.7 Å². The molecule has 39 heavy (non-hydrogen) atoms. The van der Waals surface area contributed by atoms with Crippen molar-refractivity contribution in [2.24, 2.45) is 11.8 Å². The molecule has 13 heteroatoms. The minimum atomic E-state index is -4.57. The first-order valence-corrected chi connectivity index (χ1v) is 13.0. The highest BCUT2D eigenvalue weighted by molar-refractivity contribution is 6.34. The topological polar surface area (TPSA) is 78.9 Å².